The minimum Gasteiger partial charge on any atom is -0.302 e. The van der Waals surface area contributed by atoms with Crippen molar-refractivity contribution in [1.82, 2.24) is 9.29 Å². The Morgan fingerprint density at radius 3 is 2.50 bits per heavy atom. The number of anilines is 1. The van der Waals surface area contributed by atoms with Gasteiger partial charge in [0, 0.05) is 24.7 Å². The SMILES string of the molecule is O=C(Cc1ccc(S(=O)(=O)N2CCCCC2)cc1)Nc1nccs1. The zero-order valence-corrected chi connectivity index (χ0v) is 14.8. The summed E-state index contributed by atoms with van der Waals surface area (Å²) >= 11 is 1.36. The van der Waals surface area contributed by atoms with E-state index in [1.165, 1.54) is 11.3 Å². The molecule has 128 valence electrons. The predicted octanol–water partition coefficient (Wildman–Crippen LogP) is 2.50. The van der Waals surface area contributed by atoms with Crippen molar-refractivity contribution in [1.29, 1.82) is 0 Å². The van der Waals surface area contributed by atoms with E-state index in [-0.39, 0.29) is 17.2 Å². The second-order valence-corrected chi connectivity index (χ2v) is 8.50. The topological polar surface area (TPSA) is 79.4 Å². The van der Waals surface area contributed by atoms with Gasteiger partial charge in [0.05, 0.1) is 11.3 Å². The van der Waals surface area contributed by atoms with Crippen molar-refractivity contribution in [2.75, 3.05) is 18.4 Å². The molecule has 1 aromatic heterocycles. The first-order chi connectivity index (χ1) is 11.6. The van der Waals surface area contributed by atoms with E-state index in [2.05, 4.69) is 10.3 Å². The van der Waals surface area contributed by atoms with Gasteiger partial charge in [-0.1, -0.05) is 18.6 Å². The van der Waals surface area contributed by atoms with Crippen LogP contribution in [0.3, 0.4) is 0 Å². The number of thiazole rings is 1. The third-order valence-corrected chi connectivity index (χ3v) is 6.52. The zero-order chi connectivity index (χ0) is 17.0. The average Bonchev–Trinajstić information content (AvgIpc) is 3.09. The maximum atomic E-state index is 12.6. The largest absolute Gasteiger partial charge is 0.302 e. The van der Waals surface area contributed by atoms with Crippen LogP contribution in [-0.2, 0) is 21.2 Å². The number of carbonyl (C=O) groups is 1. The summed E-state index contributed by atoms with van der Waals surface area (Å²) in [4.78, 5) is 16.2. The molecule has 1 saturated heterocycles. The number of amides is 1. The fraction of sp³-hybridized carbons (Fsp3) is 0.375. The third-order valence-electron chi connectivity index (χ3n) is 3.92. The molecule has 24 heavy (non-hydrogen) atoms. The van der Waals surface area contributed by atoms with Crippen LogP contribution in [0.1, 0.15) is 24.8 Å². The number of rotatable bonds is 5. The number of benzene rings is 1. The summed E-state index contributed by atoms with van der Waals surface area (Å²) in [6.45, 7) is 1.17. The Hall–Kier alpha value is -1.77. The number of nitrogens with zero attached hydrogens (tertiary/aromatic N) is 2. The van der Waals surface area contributed by atoms with E-state index in [4.69, 9.17) is 0 Å². The molecule has 0 bridgehead atoms. The number of hydrogen-bond acceptors (Lipinski definition) is 5. The second kappa shape index (κ2) is 7.42. The number of nitrogens with one attached hydrogen (secondary N) is 1. The predicted molar refractivity (Wildman–Crippen MR) is 93.5 cm³/mol. The van der Waals surface area contributed by atoms with Gasteiger partial charge in [-0.25, -0.2) is 13.4 Å². The molecule has 2 aromatic rings. The summed E-state index contributed by atoms with van der Waals surface area (Å²) in [7, 11) is -3.42. The van der Waals surface area contributed by atoms with Crippen molar-refractivity contribution in [3.63, 3.8) is 0 Å². The van der Waals surface area contributed by atoms with Gasteiger partial charge in [0.1, 0.15) is 0 Å². The maximum Gasteiger partial charge on any atom is 0.243 e. The third kappa shape index (κ3) is 4.00. The summed E-state index contributed by atoms with van der Waals surface area (Å²) in [6.07, 6.45) is 4.71. The lowest BCUT2D eigenvalue weighted by atomic mass is 10.1. The van der Waals surface area contributed by atoms with Crippen LogP contribution in [0.4, 0.5) is 5.13 Å². The monoisotopic (exact) mass is 365 g/mol. The van der Waals surface area contributed by atoms with Crippen molar-refractivity contribution in [3.8, 4) is 0 Å². The minimum absolute atomic E-state index is 0.170. The molecule has 1 amide bonds. The van der Waals surface area contributed by atoms with Crippen LogP contribution in [0.5, 0.6) is 0 Å². The highest BCUT2D eigenvalue weighted by Gasteiger charge is 2.25. The van der Waals surface area contributed by atoms with E-state index in [9.17, 15) is 13.2 Å². The lowest BCUT2D eigenvalue weighted by Crippen LogP contribution is -2.35. The van der Waals surface area contributed by atoms with Gasteiger partial charge in [0.15, 0.2) is 5.13 Å². The molecule has 0 spiro atoms. The van der Waals surface area contributed by atoms with Gasteiger partial charge in [-0.3, -0.25) is 4.79 Å². The number of carbonyl (C=O) groups excluding carboxylic acids is 1. The van der Waals surface area contributed by atoms with Gasteiger partial charge in [-0.2, -0.15) is 4.31 Å². The molecule has 6 nitrogen and oxygen atoms in total. The van der Waals surface area contributed by atoms with Gasteiger partial charge in [-0.15, -0.1) is 11.3 Å². The summed E-state index contributed by atoms with van der Waals surface area (Å²) in [6, 6.07) is 6.54. The van der Waals surface area contributed by atoms with Gasteiger partial charge < -0.3 is 5.32 Å². The molecule has 1 aliphatic rings. The summed E-state index contributed by atoms with van der Waals surface area (Å²) in [5, 5.41) is 5.06. The van der Waals surface area contributed by atoms with E-state index in [1.54, 1.807) is 40.1 Å². The molecule has 0 radical (unpaired) electrons. The second-order valence-electron chi connectivity index (χ2n) is 5.67. The van der Waals surface area contributed by atoms with Crippen molar-refractivity contribution < 1.29 is 13.2 Å². The molecule has 1 fully saturated rings. The lowest BCUT2D eigenvalue weighted by molar-refractivity contribution is -0.115. The molecular formula is C16H19N3O3S2. The average molecular weight is 365 g/mol. The van der Waals surface area contributed by atoms with Gasteiger partial charge >= 0.3 is 0 Å². The van der Waals surface area contributed by atoms with Gasteiger partial charge in [0.25, 0.3) is 0 Å². The molecule has 1 N–H and O–H groups in total. The van der Waals surface area contributed by atoms with Crippen molar-refractivity contribution in [2.24, 2.45) is 0 Å². The Morgan fingerprint density at radius 1 is 1.17 bits per heavy atom. The Balaban J connectivity index is 1.65. The van der Waals surface area contributed by atoms with Crippen molar-refractivity contribution in [2.45, 2.75) is 30.6 Å². The molecular weight excluding hydrogens is 346 g/mol. The number of aromatic nitrogens is 1. The quantitative estimate of drug-likeness (QED) is 0.883. The molecule has 0 atom stereocenters. The summed E-state index contributed by atoms with van der Waals surface area (Å²) in [5.74, 6) is -0.170. The normalized spacial score (nSPS) is 16.0. The maximum absolute atomic E-state index is 12.6. The van der Waals surface area contributed by atoms with E-state index < -0.39 is 10.0 Å². The smallest absolute Gasteiger partial charge is 0.243 e. The van der Waals surface area contributed by atoms with Gasteiger partial charge in [-0.05, 0) is 30.5 Å². The highest BCUT2D eigenvalue weighted by atomic mass is 32.2. The Bertz CT molecular complexity index is 780. The summed E-state index contributed by atoms with van der Waals surface area (Å²) in [5.41, 5.74) is 0.765. The number of hydrogen-bond donors (Lipinski definition) is 1. The molecule has 8 heteroatoms. The first-order valence-corrected chi connectivity index (χ1v) is 10.2. The summed E-state index contributed by atoms with van der Waals surface area (Å²) < 4.78 is 26.7. The lowest BCUT2D eigenvalue weighted by Gasteiger charge is -2.25. The molecule has 1 aromatic carbocycles. The minimum atomic E-state index is -3.42. The Labute approximate surface area is 145 Å². The Kier molecular flexibility index (Phi) is 5.27. The Morgan fingerprint density at radius 2 is 1.88 bits per heavy atom. The first-order valence-electron chi connectivity index (χ1n) is 7.84. The van der Waals surface area contributed by atoms with E-state index in [0.29, 0.717) is 18.2 Å². The van der Waals surface area contributed by atoms with Crippen LogP contribution >= 0.6 is 11.3 Å². The highest BCUT2D eigenvalue weighted by molar-refractivity contribution is 7.89. The highest BCUT2D eigenvalue weighted by Crippen LogP contribution is 2.21. The van der Waals surface area contributed by atoms with Crippen LogP contribution in [0, 0.1) is 0 Å². The number of sulfonamides is 1. The van der Waals surface area contributed by atoms with Crippen LogP contribution in [0.2, 0.25) is 0 Å². The zero-order valence-electron chi connectivity index (χ0n) is 13.1. The molecule has 2 heterocycles. The molecule has 0 unspecified atom stereocenters. The van der Waals surface area contributed by atoms with Crippen molar-refractivity contribution >= 4 is 32.4 Å². The molecule has 0 aliphatic carbocycles. The number of piperidine rings is 1. The standard InChI is InChI=1S/C16H19N3O3S2/c20-15(18-16-17-8-11-23-16)12-13-4-6-14(7-5-13)24(21,22)19-9-2-1-3-10-19/h4-8,11H,1-3,9-10,12H2,(H,17,18,20). The fourth-order valence-corrected chi connectivity index (χ4v) is 4.73. The molecule has 3 rings (SSSR count). The van der Waals surface area contributed by atoms with E-state index in [1.807, 2.05) is 0 Å². The first kappa shape index (κ1) is 17.1. The molecule has 1 aliphatic heterocycles. The van der Waals surface area contributed by atoms with Crippen LogP contribution in [0.15, 0.2) is 40.7 Å². The van der Waals surface area contributed by atoms with Crippen LogP contribution in [0.25, 0.3) is 0 Å². The molecule has 0 saturated carbocycles. The van der Waals surface area contributed by atoms with Crippen LogP contribution < -0.4 is 5.32 Å². The van der Waals surface area contributed by atoms with E-state index in [0.717, 1.165) is 24.8 Å². The fourth-order valence-electron chi connectivity index (χ4n) is 2.67. The van der Waals surface area contributed by atoms with Crippen molar-refractivity contribution in [3.05, 3.63) is 41.4 Å². The van der Waals surface area contributed by atoms with Gasteiger partial charge in [0.2, 0.25) is 15.9 Å². The van der Waals surface area contributed by atoms with Crippen LogP contribution in [-0.4, -0.2) is 36.7 Å². The van der Waals surface area contributed by atoms with E-state index >= 15 is 0 Å².